The van der Waals surface area contributed by atoms with Gasteiger partial charge in [0.15, 0.2) is 5.69 Å². The second-order valence-electron chi connectivity index (χ2n) is 5.75. The molecule has 0 saturated heterocycles. The van der Waals surface area contributed by atoms with Gasteiger partial charge in [-0.25, -0.2) is 4.68 Å². The van der Waals surface area contributed by atoms with Gasteiger partial charge in [-0.3, -0.25) is 0 Å². The molecule has 0 radical (unpaired) electrons. The number of rotatable bonds is 5. The molecule has 6 nitrogen and oxygen atoms in total. The van der Waals surface area contributed by atoms with Crippen molar-refractivity contribution in [1.29, 1.82) is 0 Å². The lowest BCUT2D eigenvalue weighted by Crippen LogP contribution is -1.99. The van der Waals surface area contributed by atoms with E-state index in [1.165, 1.54) is 0 Å². The van der Waals surface area contributed by atoms with E-state index in [-0.39, 0.29) is 0 Å². The third-order valence-electron chi connectivity index (χ3n) is 4.08. The molecule has 0 fully saturated rings. The monoisotopic (exact) mass is 346 g/mol. The lowest BCUT2D eigenvalue weighted by molar-refractivity contribution is 0.415. The maximum atomic E-state index is 5.68. The molecule has 0 unspecified atom stereocenters. The highest BCUT2D eigenvalue weighted by molar-refractivity contribution is 5.68. The van der Waals surface area contributed by atoms with Gasteiger partial charge in [-0.1, -0.05) is 25.1 Å². The highest BCUT2D eigenvalue weighted by Crippen LogP contribution is 2.29. The summed E-state index contributed by atoms with van der Waals surface area (Å²) in [6.45, 7) is 1.97. The van der Waals surface area contributed by atoms with E-state index >= 15 is 0 Å². The number of hydrogen-bond acceptors (Lipinski definition) is 5. The molecule has 0 amide bonds. The SMILES string of the molecule is CCc1nnc(-c2cc(-c3ccc(OC)cc3)n(-c3ccccc3)n2)o1. The molecule has 2 heterocycles. The number of aromatic nitrogens is 4. The van der Waals surface area contributed by atoms with Crippen LogP contribution in [-0.4, -0.2) is 27.1 Å². The van der Waals surface area contributed by atoms with Crippen LogP contribution in [0.25, 0.3) is 28.5 Å². The number of aryl methyl sites for hydroxylation is 1. The molecule has 0 spiro atoms. The number of nitrogens with zero attached hydrogens (tertiary/aromatic N) is 4. The van der Waals surface area contributed by atoms with Crippen molar-refractivity contribution in [1.82, 2.24) is 20.0 Å². The van der Waals surface area contributed by atoms with Crippen LogP contribution in [0, 0.1) is 0 Å². The normalized spacial score (nSPS) is 10.8. The van der Waals surface area contributed by atoms with Gasteiger partial charge in [-0.15, -0.1) is 10.2 Å². The molecule has 0 aliphatic rings. The third-order valence-corrected chi connectivity index (χ3v) is 4.08. The summed E-state index contributed by atoms with van der Waals surface area (Å²) >= 11 is 0. The van der Waals surface area contributed by atoms with Gasteiger partial charge in [0.2, 0.25) is 5.89 Å². The molecule has 130 valence electrons. The topological polar surface area (TPSA) is 66.0 Å². The number of para-hydroxylation sites is 1. The smallest absolute Gasteiger partial charge is 0.268 e. The van der Waals surface area contributed by atoms with Crippen molar-refractivity contribution in [3.05, 3.63) is 66.6 Å². The quantitative estimate of drug-likeness (QED) is 0.543. The van der Waals surface area contributed by atoms with E-state index in [1.807, 2.05) is 72.3 Å². The Morgan fingerprint density at radius 2 is 1.77 bits per heavy atom. The first-order chi connectivity index (χ1) is 12.8. The van der Waals surface area contributed by atoms with Crippen LogP contribution in [0.15, 0.2) is 65.1 Å². The molecule has 0 N–H and O–H groups in total. The van der Waals surface area contributed by atoms with Crippen LogP contribution in [0.3, 0.4) is 0 Å². The average Bonchev–Trinajstić information content (AvgIpc) is 3.36. The van der Waals surface area contributed by atoms with Gasteiger partial charge in [-0.05, 0) is 42.5 Å². The fourth-order valence-corrected chi connectivity index (χ4v) is 2.72. The summed E-state index contributed by atoms with van der Waals surface area (Å²) in [7, 11) is 1.65. The van der Waals surface area contributed by atoms with Gasteiger partial charge in [0, 0.05) is 12.0 Å². The Balaban J connectivity index is 1.84. The predicted octanol–water partition coefficient (Wildman–Crippen LogP) is 4.16. The molecule has 0 aliphatic carbocycles. The predicted molar refractivity (Wildman–Crippen MR) is 98.2 cm³/mol. The number of benzene rings is 2. The van der Waals surface area contributed by atoms with Gasteiger partial charge in [0.05, 0.1) is 18.5 Å². The van der Waals surface area contributed by atoms with E-state index in [2.05, 4.69) is 10.2 Å². The Bertz CT molecular complexity index is 1000. The lowest BCUT2D eigenvalue weighted by Gasteiger charge is -2.08. The van der Waals surface area contributed by atoms with Crippen LogP contribution in [0.5, 0.6) is 5.75 Å². The molecular weight excluding hydrogens is 328 g/mol. The molecule has 0 saturated carbocycles. The Hall–Kier alpha value is -3.41. The number of methoxy groups -OCH3 is 1. The van der Waals surface area contributed by atoms with E-state index in [0.717, 1.165) is 22.7 Å². The first-order valence-electron chi connectivity index (χ1n) is 8.41. The standard InChI is InChI=1S/C20H18N4O2/c1-3-19-21-22-20(26-19)17-13-18(14-9-11-16(25-2)12-10-14)24(23-17)15-7-5-4-6-8-15/h4-13H,3H2,1-2H3. The third kappa shape index (κ3) is 2.97. The summed E-state index contributed by atoms with van der Waals surface area (Å²) in [5, 5.41) is 12.9. The van der Waals surface area contributed by atoms with Crippen molar-refractivity contribution in [2.45, 2.75) is 13.3 Å². The van der Waals surface area contributed by atoms with E-state index in [1.54, 1.807) is 7.11 Å². The Morgan fingerprint density at radius 3 is 2.42 bits per heavy atom. The summed E-state index contributed by atoms with van der Waals surface area (Å²) in [6, 6.07) is 19.8. The molecule has 2 aromatic carbocycles. The maximum absolute atomic E-state index is 5.68. The first kappa shape index (κ1) is 16.1. The van der Waals surface area contributed by atoms with Gasteiger partial charge in [-0.2, -0.15) is 5.10 Å². The molecule has 2 aromatic heterocycles. The number of hydrogen-bond donors (Lipinski definition) is 0. The zero-order chi connectivity index (χ0) is 17.9. The van der Waals surface area contributed by atoms with Crippen molar-refractivity contribution in [3.8, 4) is 34.3 Å². The van der Waals surface area contributed by atoms with Crippen molar-refractivity contribution in [2.75, 3.05) is 7.11 Å². The maximum Gasteiger partial charge on any atom is 0.268 e. The molecule has 6 heteroatoms. The minimum Gasteiger partial charge on any atom is -0.497 e. The van der Waals surface area contributed by atoms with E-state index in [9.17, 15) is 0 Å². The molecule has 4 aromatic rings. The van der Waals surface area contributed by atoms with Gasteiger partial charge < -0.3 is 9.15 Å². The largest absolute Gasteiger partial charge is 0.497 e. The minimum absolute atomic E-state index is 0.422. The summed E-state index contributed by atoms with van der Waals surface area (Å²) in [5.74, 6) is 1.83. The van der Waals surface area contributed by atoms with Gasteiger partial charge in [0.25, 0.3) is 5.89 Å². The summed E-state index contributed by atoms with van der Waals surface area (Å²) in [5.41, 5.74) is 3.56. The Kier molecular flexibility index (Phi) is 4.23. The lowest BCUT2D eigenvalue weighted by atomic mass is 10.1. The molecular formula is C20H18N4O2. The molecule has 0 atom stereocenters. The van der Waals surface area contributed by atoms with E-state index in [4.69, 9.17) is 14.3 Å². The van der Waals surface area contributed by atoms with Gasteiger partial charge in [0.1, 0.15) is 5.75 Å². The average molecular weight is 346 g/mol. The van der Waals surface area contributed by atoms with Crippen molar-refractivity contribution in [3.63, 3.8) is 0 Å². The summed E-state index contributed by atoms with van der Waals surface area (Å²) in [6.07, 6.45) is 0.692. The van der Waals surface area contributed by atoms with Crippen LogP contribution < -0.4 is 4.74 Å². The molecule has 26 heavy (non-hydrogen) atoms. The van der Waals surface area contributed by atoms with Crippen molar-refractivity contribution in [2.24, 2.45) is 0 Å². The Morgan fingerprint density at radius 1 is 1.00 bits per heavy atom. The number of ether oxygens (including phenoxy) is 1. The van der Waals surface area contributed by atoms with Crippen molar-refractivity contribution >= 4 is 0 Å². The molecule has 4 rings (SSSR count). The summed E-state index contributed by atoms with van der Waals surface area (Å²) in [4.78, 5) is 0. The molecule has 0 bridgehead atoms. The van der Waals surface area contributed by atoms with E-state index < -0.39 is 0 Å². The van der Waals surface area contributed by atoms with Crippen LogP contribution in [0.4, 0.5) is 0 Å². The minimum atomic E-state index is 0.422. The second kappa shape index (κ2) is 6.84. The van der Waals surface area contributed by atoms with Crippen molar-refractivity contribution < 1.29 is 9.15 Å². The van der Waals surface area contributed by atoms with Crippen LogP contribution in [0.2, 0.25) is 0 Å². The first-order valence-corrected chi connectivity index (χ1v) is 8.41. The highest BCUT2D eigenvalue weighted by atomic mass is 16.5. The second-order valence-corrected chi connectivity index (χ2v) is 5.75. The zero-order valence-corrected chi connectivity index (χ0v) is 14.6. The zero-order valence-electron chi connectivity index (χ0n) is 14.6. The van der Waals surface area contributed by atoms with E-state index in [0.29, 0.717) is 23.9 Å². The van der Waals surface area contributed by atoms with Crippen LogP contribution >= 0.6 is 0 Å². The molecule has 0 aliphatic heterocycles. The van der Waals surface area contributed by atoms with Crippen LogP contribution in [0.1, 0.15) is 12.8 Å². The highest BCUT2D eigenvalue weighted by Gasteiger charge is 2.17. The van der Waals surface area contributed by atoms with Crippen LogP contribution in [-0.2, 0) is 6.42 Å². The summed E-state index contributed by atoms with van der Waals surface area (Å²) < 4.78 is 12.8. The Labute approximate surface area is 151 Å². The van der Waals surface area contributed by atoms with Gasteiger partial charge >= 0.3 is 0 Å². The fraction of sp³-hybridized carbons (Fsp3) is 0.150. The fourth-order valence-electron chi connectivity index (χ4n) is 2.72.